The highest BCUT2D eigenvalue weighted by Crippen LogP contribution is 2.37. The van der Waals surface area contributed by atoms with Gasteiger partial charge in [-0.1, -0.05) is 0 Å². The topological polar surface area (TPSA) is 68.9 Å². The summed E-state index contributed by atoms with van der Waals surface area (Å²) >= 11 is 0. The third-order valence-electron chi connectivity index (χ3n) is 2.66. The Hall–Kier alpha value is -2.01. The van der Waals surface area contributed by atoms with E-state index in [-0.39, 0.29) is 18.6 Å². The molecule has 0 amide bonds. The molecular formula is C12H10O5. The van der Waals surface area contributed by atoms with E-state index in [9.17, 15) is 4.79 Å². The first-order chi connectivity index (χ1) is 8.29. The first kappa shape index (κ1) is 10.2. The lowest BCUT2D eigenvalue weighted by Gasteiger charge is -2.25. The van der Waals surface area contributed by atoms with Crippen molar-refractivity contribution < 1.29 is 19.0 Å². The van der Waals surface area contributed by atoms with Gasteiger partial charge in [0.2, 0.25) is 5.75 Å². The Kier molecular flexibility index (Phi) is 2.26. The highest BCUT2D eigenvalue weighted by molar-refractivity contribution is 5.85. The molecule has 1 aliphatic rings. The van der Waals surface area contributed by atoms with Gasteiger partial charge >= 0.3 is 0 Å². The van der Waals surface area contributed by atoms with Crippen LogP contribution in [-0.4, -0.2) is 24.4 Å². The van der Waals surface area contributed by atoms with Crippen LogP contribution in [0, 0.1) is 0 Å². The molecule has 0 bridgehead atoms. The lowest BCUT2D eigenvalue weighted by atomic mass is 10.2. The Bertz CT molecular complexity index is 616. The maximum absolute atomic E-state index is 11.6. The number of benzene rings is 1. The number of hydrogen-bond acceptors (Lipinski definition) is 5. The second-order valence-electron chi connectivity index (χ2n) is 3.79. The molecule has 1 aliphatic heterocycles. The molecule has 5 nitrogen and oxygen atoms in total. The van der Waals surface area contributed by atoms with Gasteiger partial charge in [-0.15, -0.1) is 0 Å². The summed E-state index contributed by atoms with van der Waals surface area (Å²) in [5.41, 5.74) is 0.219. The van der Waals surface area contributed by atoms with Gasteiger partial charge in [-0.2, -0.15) is 0 Å². The summed E-state index contributed by atoms with van der Waals surface area (Å²) in [5, 5.41) is 9.48. The molecule has 1 unspecified atom stereocenters. The zero-order valence-electron chi connectivity index (χ0n) is 8.88. The molecule has 1 aromatic carbocycles. The SMILES string of the molecule is O=c1ccoc2c3c(ccc12)OCC(CO)O3. The van der Waals surface area contributed by atoms with E-state index in [0.717, 1.165) is 0 Å². The monoisotopic (exact) mass is 234 g/mol. The predicted molar refractivity (Wildman–Crippen MR) is 59.5 cm³/mol. The highest BCUT2D eigenvalue weighted by Gasteiger charge is 2.24. The number of fused-ring (bicyclic) bond motifs is 3. The number of aliphatic hydroxyl groups is 1. The van der Waals surface area contributed by atoms with E-state index >= 15 is 0 Å². The summed E-state index contributed by atoms with van der Waals surface area (Å²) in [4.78, 5) is 11.6. The smallest absolute Gasteiger partial charge is 0.205 e. The van der Waals surface area contributed by atoms with E-state index in [1.807, 2.05) is 0 Å². The highest BCUT2D eigenvalue weighted by atomic mass is 16.6. The summed E-state index contributed by atoms with van der Waals surface area (Å²) < 4.78 is 16.3. The largest absolute Gasteiger partial charge is 0.486 e. The van der Waals surface area contributed by atoms with Crippen LogP contribution in [0.15, 0.2) is 33.7 Å². The van der Waals surface area contributed by atoms with Gasteiger partial charge in [-0.25, -0.2) is 0 Å². The minimum atomic E-state index is -0.432. The number of rotatable bonds is 1. The molecule has 0 saturated heterocycles. The molecule has 1 aromatic heterocycles. The summed E-state index contributed by atoms with van der Waals surface area (Å²) in [6.45, 7) is 0.138. The van der Waals surface area contributed by atoms with Gasteiger partial charge in [-0.3, -0.25) is 4.79 Å². The minimum absolute atomic E-state index is 0.135. The van der Waals surface area contributed by atoms with Crippen LogP contribution in [0.25, 0.3) is 11.0 Å². The third-order valence-corrected chi connectivity index (χ3v) is 2.66. The van der Waals surface area contributed by atoms with E-state index < -0.39 is 6.10 Å². The molecule has 0 spiro atoms. The van der Waals surface area contributed by atoms with Crippen molar-refractivity contribution in [2.24, 2.45) is 0 Å². The quantitative estimate of drug-likeness (QED) is 0.794. The second kappa shape index (κ2) is 3.78. The van der Waals surface area contributed by atoms with E-state index in [4.69, 9.17) is 19.0 Å². The predicted octanol–water partition coefficient (Wildman–Crippen LogP) is 0.925. The molecule has 88 valence electrons. The van der Waals surface area contributed by atoms with Gasteiger partial charge in [0.1, 0.15) is 6.61 Å². The molecule has 17 heavy (non-hydrogen) atoms. The van der Waals surface area contributed by atoms with Gasteiger partial charge in [-0.05, 0) is 12.1 Å². The minimum Gasteiger partial charge on any atom is -0.486 e. The molecule has 2 heterocycles. The lowest BCUT2D eigenvalue weighted by molar-refractivity contribution is 0.0462. The van der Waals surface area contributed by atoms with E-state index in [1.165, 1.54) is 12.3 Å². The average molecular weight is 234 g/mol. The fraction of sp³-hybridized carbons (Fsp3) is 0.250. The normalized spacial score (nSPS) is 18.3. The second-order valence-corrected chi connectivity index (χ2v) is 3.79. The van der Waals surface area contributed by atoms with Crippen LogP contribution < -0.4 is 14.9 Å². The van der Waals surface area contributed by atoms with Gasteiger partial charge < -0.3 is 19.0 Å². The molecule has 0 fully saturated rings. The Labute approximate surface area is 96.2 Å². The van der Waals surface area contributed by atoms with Crippen LogP contribution in [0.2, 0.25) is 0 Å². The van der Waals surface area contributed by atoms with Crippen molar-refractivity contribution in [3.05, 3.63) is 34.7 Å². The van der Waals surface area contributed by atoms with Gasteiger partial charge in [0.15, 0.2) is 22.9 Å². The molecule has 1 atom stereocenters. The number of ether oxygens (including phenoxy) is 2. The molecule has 0 aliphatic carbocycles. The van der Waals surface area contributed by atoms with Crippen molar-refractivity contribution >= 4 is 11.0 Å². The van der Waals surface area contributed by atoms with Gasteiger partial charge in [0, 0.05) is 6.07 Å². The number of aliphatic hydroxyl groups excluding tert-OH is 1. The maximum Gasteiger partial charge on any atom is 0.205 e. The van der Waals surface area contributed by atoms with Crippen LogP contribution >= 0.6 is 0 Å². The van der Waals surface area contributed by atoms with E-state index in [0.29, 0.717) is 22.5 Å². The average Bonchev–Trinajstić information content (AvgIpc) is 2.38. The summed E-state index contributed by atoms with van der Waals surface area (Å²) in [6.07, 6.45) is 0.884. The molecule has 0 radical (unpaired) electrons. The van der Waals surface area contributed by atoms with Crippen LogP contribution in [0.3, 0.4) is 0 Å². The van der Waals surface area contributed by atoms with E-state index in [1.54, 1.807) is 12.1 Å². The Morgan fingerprint density at radius 3 is 3.06 bits per heavy atom. The van der Waals surface area contributed by atoms with E-state index in [2.05, 4.69) is 0 Å². The fourth-order valence-electron chi connectivity index (χ4n) is 1.81. The van der Waals surface area contributed by atoms with Crippen LogP contribution in [-0.2, 0) is 0 Å². The Balaban J connectivity index is 2.25. The van der Waals surface area contributed by atoms with Crippen molar-refractivity contribution in [1.29, 1.82) is 0 Å². The first-order valence-corrected chi connectivity index (χ1v) is 5.24. The summed E-state index contributed by atoms with van der Waals surface area (Å²) in [5.74, 6) is 0.905. The summed E-state index contributed by atoms with van der Waals surface area (Å²) in [7, 11) is 0. The zero-order chi connectivity index (χ0) is 11.8. The van der Waals surface area contributed by atoms with Crippen molar-refractivity contribution in [1.82, 2.24) is 0 Å². The third kappa shape index (κ3) is 1.55. The fourth-order valence-corrected chi connectivity index (χ4v) is 1.81. The zero-order valence-corrected chi connectivity index (χ0v) is 8.88. The lowest BCUT2D eigenvalue weighted by Crippen LogP contribution is -2.32. The molecule has 0 saturated carbocycles. The van der Waals surface area contributed by atoms with Crippen molar-refractivity contribution in [2.45, 2.75) is 6.10 Å². The van der Waals surface area contributed by atoms with Gasteiger partial charge in [0.05, 0.1) is 18.3 Å². The van der Waals surface area contributed by atoms with Crippen LogP contribution in [0.1, 0.15) is 0 Å². The van der Waals surface area contributed by atoms with Crippen LogP contribution in [0.5, 0.6) is 11.5 Å². The summed E-state index contributed by atoms with van der Waals surface area (Å²) in [6, 6.07) is 4.66. The molecule has 5 heteroatoms. The Morgan fingerprint density at radius 2 is 2.24 bits per heavy atom. The Morgan fingerprint density at radius 1 is 1.35 bits per heavy atom. The molecule has 1 N–H and O–H groups in total. The standard InChI is InChI=1S/C12H10O5/c13-5-7-6-16-10-2-1-8-9(14)3-4-15-11(8)12(10)17-7/h1-4,7,13H,5-6H2. The van der Waals surface area contributed by atoms with Crippen molar-refractivity contribution in [3.8, 4) is 11.5 Å². The molecule has 3 rings (SSSR count). The van der Waals surface area contributed by atoms with Crippen molar-refractivity contribution in [2.75, 3.05) is 13.2 Å². The number of hydrogen-bond donors (Lipinski definition) is 1. The van der Waals surface area contributed by atoms with Crippen LogP contribution in [0.4, 0.5) is 0 Å². The molecule has 2 aromatic rings. The maximum atomic E-state index is 11.6. The van der Waals surface area contributed by atoms with Gasteiger partial charge in [0.25, 0.3) is 0 Å². The first-order valence-electron chi connectivity index (χ1n) is 5.24. The molecular weight excluding hydrogens is 224 g/mol. The van der Waals surface area contributed by atoms with Crippen molar-refractivity contribution in [3.63, 3.8) is 0 Å².